The number of fused-ring (bicyclic) bond motifs is 5. The summed E-state index contributed by atoms with van der Waals surface area (Å²) in [6, 6.07) is 0. The van der Waals surface area contributed by atoms with Crippen LogP contribution in [-0.4, -0.2) is 17.0 Å². The molecule has 0 unspecified atom stereocenters. The number of Topliss-reactive ketones (excluding diaryl/α,β-unsaturated/α-hetero) is 1. The minimum absolute atomic E-state index is 0.101. The highest BCUT2D eigenvalue weighted by Gasteiger charge is 2.53. The molecular weight excluding hydrogens is 248 g/mol. The van der Waals surface area contributed by atoms with Gasteiger partial charge in [0.15, 0.2) is 0 Å². The number of aliphatic hydroxyl groups excluding tert-OH is 1. The van der Waals surface area contributed by atoms with Crippen molar-refractivity contribution >= 4 is 5.78 Å². The van der Waals surface area contributed by atoms with Crippen LogP contribution in [0.5, 0.6) is 0 Å². The second-order valence-electron chi connectivity index (χ2n) is 7.95. The van der Waals surface area contributed by atoms with Crippen molar-refractivity contribution in [3.8, 4) is 0 Å². The summed E-state index contributed by atoms with van der Waals surface area (Å²) in [7, 11) is 0. The fourth-order valence-corrected chi connectivity index (χ4v) is 5.93. The van der Waals surface area contributed by atoms with Crippen LogP contribution < -0.4 is 0 Å². The first kappa shape index (κ1) is 13.1. The normalized spacial score (nSPS) is 51.0. The summed E-state index contributed by atoms with van der Waals surface area (Å²) in [5.41, 5.74) is 1.82. The van der Waals surface area contributed by atoms with Gasteiger partial charge in [0.25, 0.3) is 0 Å². The van der Waals surface area contributed by atoms with Gasteiger partial charge in [-0.15, -0.1) is 0 Å². The molecule has 0 aromatic heterocycles. The van der Waals surface area contributed by atoms with E-state index in [-0.39, 0.29) is 11.5 Å². The first-order valence-corrected chi connectivity index (χ1v) is 8.49. The highest BCUT2D eigenvalue weighted by atomic mass is 16.3. The Hall–Kier alpha value is -0.630. The van der Waals surface area contributed by atoms with Crippen LogP contribution >= 0.6 is 0 Å². The van der Waals surface area contributed by atoms with E-state index in [0.29, 0.717) is 29.5 Å². The van der Waals surface area contributed by atoms with E-state index < -0.39 is 0 Å². The third-order valence-corrected chi connectivity index (χ3v) is 7.12. The van der Waals surface area contributed by atoms with Crippen molar-refractivity contribution in [2.75, 3.05) is 0 Å². The minimum Gasteiger partial charge on any atom is -0.393 e. The molecule has 4 rings (SSSR count). The summed E-state index contributed by atoms with van der Waals surface area (Å²) in [5, 5.41) is 10.4. The molecule has 6 atom stereocenters. The zero-order valence-corrected chi connectivity index (χ0v) is 12.5. The van der Waals surface area contributed by atoms with Gasteiger partial charge in [-0.25, -0.2) is 0 Å². The van der Waals surface area contributed by atoms with Gasteiger partial charge in [-0.2, -0.15) is 0 Å². The molecule has 20 heavy (non-hydrogen) atoms. The van der Waals surface area contributed by atoms with Crippen LogP contribution in [0, 0.1) is 29.1 Å². The topological polar surface area (TPSA) is 37.3 Å². The van der Waals surface area contributed by atoms with Crippen LogP contribution in [0.1, 0.15) is 58.3 Å². The molecule has 3 saturated carbocycles. The molecule has 0 bridgehead atoms. The highest BCUT2D eigenvalue weighted by molar-refractivity contribution is 5.79. The molecule has 3 fully saturated rings. The van der Waals surface area contributed by atoms with Gasteiger partial charge in [-0.05, 0) is 62.2 Å². The quantitative estimate of drug-likeness (QED) is 0.687. The van der Waals surface area contributed by atoms with Crippen molar-refractivity contribution in [1.29, 1.82) is 0 Å². The number of ketones is 1. The van der Waals surface area contributed by atoms with Gasteiger partial charge in [0.05, 0.1) is 6.10 Å². The largest absolute Gasteiger partial charge is 0.393 e. The van der Waals surface area contributed by atoms with E-state index in [0.717, 1.165) is 32.1 Å². The van der Waals surface area contributed by atoms with Gasteiger partial charge in [-0.3, -0.25) is 4.79 Å². The van der Waals surface area contributed by atoms with Crippen molar-refractivity contribution in [3.05, 3.63) is 11.6 Å². The zero-order valence-electron chi connectivity index (χ0n) is 12.5. The average Bonchev–Trinajstić information content (AvgIpc) is 2.74. The van der Waals surface area contributed by atoms with E-state index in [1.807, 2.05) is 0 Å². The summed E-state index contributed by atoms with van der Waals surface area (Å²) in [4.78, 5) is 11.7. The maximum absolute atomic E-state index is 11.7. The van der Waals surface area contributed by atoms with Crippen LogP contribution in [0.25, 0.3) is 0 Å². The third-order valence-electron chi connectivity index (χ3n) is 7.12. The first-order chi connectivity index (χ1) is 9.59. The van der Waals surface area contributed by atoms with Crippen molar-refractivity contribution in [2.45, 2.75) is 64.4 Å². The van der Waals surface area contributed by atoms with Gasteiger partial charge >= 0.3 is 0 Å². The Morgan fingerprint density at radius 1 is 1.15 bits per heavy atom. The lowest BCUT2D eigenvalue weighted by Gasteiger charge is -2.50. The lowest BCUT2D eigenvalue weighted by molar-refractivity contribution is -0.123. The van der Waals surface area contributed by atoms with E-state index >= 15 is 0 Å². The van der Waals surface area contributed by atoms with E-state index in [4.69, 9.17) is 0 Å². The van der Waals surface area contributed by atoms with Crippen LogP contribution in [-0.2, 0) is 4.79 Å². The molecule has 2 nitrogen and oxygen atoms in total. The van der Waals surface area contributed by atoms with Crippen LogP contribution in [0.2, 0.25) is 0 Å². The Labute approximate surface area is 121 Å². The van der Waals surface area contributed by atoms with Crippen molar-refractivity contribution in [3.63, 3.8) is 0 Å². The number of aliphatic hydroxyl groups is 1. The average molecular weight is 274 g/mol. The van der Waals surface area contributed by atoms with Crippen molar-refractivity contribution < 1.29 is 9.90 Å². The van der Waals surface area contributed by atoms with E-state index in [1.54, 1.807) is 5.57 Å². The fraction of sp³-hybridized carbons (Fsp3) is 0.833. The number of hydrogen-bond acceptors (Lipinski definition) is 2. The molecule has 1 N–H and O–H groups in total. The van der Waals surface area contributed by atoms with Crippen molar-refractivity contribution in [1.82, 2.24) is 0 Å². The summed E-state index contributed by atoms with van der Waals surface area (Å²) in [6.07, 6.45) is 10.9. The predicted molar refractivity (Wildman–Crippen MR) is 78.1 cm³/mol. The monoisotopic (exact) mass is 274 g/mol. The molecule has 4 aliphatic rings. The minimum atomic E-state index is -0.101. The lowest BCUT2D eigenvalue weighted by Crippen LogP contribution is -2.44. The molecule has 2 heteroatoms. The van der Waals surface area contributed by atoms with Gasteiger partial charge in [0.2, 0.25) is 0 Å². The number of allylic oxidation sites excluding steroid dienone is 2. The zero-order chi connectivity index (χ0) is 13.9. The standard InChI is InChI=1S/C18H26O2/c1-18-9-8-14-13-5-3-12(19)10-11(13)2-4-15(14)16(18)6-7-17(18)20/h8,11,13,15-17,20H,2-7,9-10H2,1H3/t11-,13-,15+,16-,17-,18-/m0/s1. The Balaban J connectivity index is 1.65. The molecule has 0 aromatic carbocycles. The number of carbonyl (C=O) groups is 1. The Kier molecular flexibility index (Phi) is 2.89. The Morgan fingerprint density at radius 2 is 2.00 bits per heavy atom. The Bertz CT molecular complexity index is 466. The van der Waals surface area contributed by atoms with E-state index in [1.165, 1.54) is 19.3 Å². The molecule has 0 amide bonds. The summed E-state index contributed by atoms with van der Waals surface area (Å²) in [6.45, 7) is 2.30. The summed E-state index contributed by atoms with van der Waals surface area (Å²) in [5.74, 6) is 3.21. The SMILES string of the molecule is C[C@]12CC=C3[C@H]4CCC(=O)C[C@@H]4CC[C@H]3[C@@H]1CC[C@@H]2O. The molecular formula is C18H26O2. The molecule has 0 aliphatic heterocycles. The molecule has 0 saturated heterocycles. The van der Waals surface area contributed by atoms with Gasteiger partial charge < -0.3 is 5.11 Å². The van der Waals surface area contributed by atoms with Crippen LogP contribution in [0.3, 0.4) is 0 Å². The molecule has 0 aromatic rings. The van der Waals surface area contributed by atoms with Gasteiger partial charge in [-0.1, -0.05) is 18.6 Å². The second kappa shape index (κ2) is 4.43. The predicted octanol–water partition coefficient (Wildman–Crippen LogP) is 3.49. The molecule has 110 valence electrons. The van der Waals surface area contributed by atoms with Crippen LogP contribution in [0.4, 0.5) is 0 Å². The van der Waals surface area contributed by atoms with E-state index in [9.17, 15) is 9.90 Å². The Morgan fingerprint density at radius 3 is 2.85 bits per heavy atom. The molecule has 0 heterocycles. The first-order valence-electron chi connectivity index (χ1n) is 8.49. The number of rotatable bonds is 0. The molecule has 4 aliphatic carbocycles. The fourth-order valence-electron chi connectivity index (χ4n) is 5.93. The van der Waals surface area contributed by atoms with Crippen LogP contribution in [0.15, 0.2) is 11.6 Å². The summed E-state index contributed by atoms with van der Waals surface area (Å²) < 4.78 is 0. The molecule has 0 radical (unpaired) electrons. The van der Waals surface area contributed by atoms with Gasteiger partial charge in [0, 0.05) is 18.3 Å². The smallest absolute Gasteiger partial charge is 0.133 e. The van der Waals surface area contributed by atoms with Crippen molar-refractivity contribution in [2.24, 2.45) is 29.1 Å². The summed E-state index contributed by atoms with van der Waals surface area (Å²) >= 11 is 0. The third kappa shape index (κ3) is 1.70. The number of hydrogen-bond donors (Lipinski definition) is 1. The number of carbonyl (C=O) groups excluding carboxylic acids is 1. The second-order valence-corrected chi connectivity index (χ2v) is 7.95. The highest BCUT2D eigenvalue weighted by Crippen LogP contribution is 2.59. The molecule has 0 spiro atoms. The maximum atomic E-state index is 11.7. The maximum Gasteiger partial charge on any atom is 0.133 e. The lowest BCUT2D eigenvalue weighted by atomic mass is 9.55. The van der Waals surface area contributed by atoms with E-state index in [2.05, 4.69) is 13.0 Å². The van der Waals surface area contributed by atoms with Gasteiger partial charge in [0.1, 0.15) is 5.78 Å².